The number of rotatable bonds is 4. The van der Waals surface area contributed by atoms with Crippen molar-refractivity contribution in [3.05, 3.63) is 54.5 Å². The molecule has 7 nitrogen and oxygen atoms in total. The predicted octanol–water partition coefficient (Wildman–Crippen LogP) is 3.27. The summed E-state index contributed by atoms with van der Waals surface area (Å²) in [5.41, 5.74) is 5.45. The van der Waals surface area contributed by atoms with Crippen LogP contribution in [0.15, 0.2) is 48.9 Å². The lowest BCUT2D eigenvalue weighted by molar-refractivity contribution is 0.249. The van der Waals surface area contributed by atoms with Crippen LogP contribution < -0.4 is 15.6 Å². The molecule has 4 rings (SSSR count). The van der Waals surface area contributed by atoms with Gasteiger partial charge in [0.05, 0.1) is 11.0 Å². The van der Waals surface area contributed by atoms with Crippen LogP contribution in [0.3, 0.4) is 0 Å². The molecule has 2 N–H and O–H groups in total. The maximum absolute atomic E-state index is 12.2. The summed E-state index contributed by atoms with van der Waals surface area (Å²) in [6, 6.07) is 11.4. The lowest BCUT2D eigenvalue weighted by Gasteiger charge is -2.21. The van der Waals surface area contributed by atoms with E-state index >= 15 is 0 Å². The van der Waals surface area contributed by atoms with Gasteiger partial charge in [-0.3, -0.25) is 0 Å². The van der Waals surface area contributed by atoms with Crippen molar-refractivity contribution in [2.75, 3.05) is 23.4 Å². The smallest absolute Gasteiger partial charge is 0.334 e. The van der Waals surface area contributed by atoms with E-state index in [1.165, 1.54) is 25.7 Å². The summed E-state index contributed by atoms with van der Waals surface area (Å²) < 4.78 is 1.62. The van der Waals surface area contributed by atoms with E-state index in [9.17, 15) is 4.79 Å². The molecule has 2 amide bonds. The maximum Gasteiger partial charge on any atom is 0.334 e. The summed E-state index contributed by atoms with van der Waals surface area (Å²) in [6.07, 6.45) is 8.51. The maximum atomic E-state index is 12.2. The number of pyridine rings is 1. The number of imidazole rings is 1. The van der Waals surface area contributed by atoms with Crippen LogP contribution >= 0.6 is 0 Å². The molecular weight excluding hydrogens is 340 g/mol. The second-order valence-corrected chi connectivity index (χ2v) is 6.82. The first-order valence-electron chi connectivity index (χ1n) is 9.46. The largest absolute Gasteiger partial charge is 0.357 e. The van der Waals surface area contributed by atoms with Gasteiger partial charge < -0.3 is 10.2 Å². The molecule has 1 aliphatic rings. The van der Waals surface area contributed by atoms with Crippen LogP contribution in [-0.2, 0) is 6.54 Å². The molecule has 1 aromatic carbocycles. The number of nitrogens with one attached hydrogen (secondary N) is 2. The van der Waals surface area contributed by atoms with E-state index in [-0.39, 0.29) is 6.03 Å². The van der Waals surface area contributed by atoms with Crippen LogP contribution in [0.4, 0.5) is 10.6 Å². The molecule has 0 spiro atoms. The molecule has 2 aromatic heterocycles. The van der Waals surface area contributed by atoms with Gasteiger partial charge in [0.2, 0.25) is 0 Å². The number of carbonyl (C=O) groups is 1. The summed E-state index contributed by atoms with van der Waals surface area (Å²) in [7, 11) is 0. The van der Waals surface area contributed by atoms with E-state index in [0.717, 1.165) is 35.5 Å². The van der Waals surface area contributed by atoms with Gasteiger partial charge in [-0.05, 0) is 36.6 Å². The summed E-state index contributed by atoms with van der Waals surface area (Å²) in [5, 5.41) is 2.86. The van der Waals surface area contributed by atoms with Crippen LogP contribution in [0.25, 0.3) is 11.0 Å². The van der Waals surface area contributed by atoms with Gasteiger partial charge in [0.25, 0.3) is 0 Å². The Balaban J connectivity index is 1.32. The van der Waals surface area contributed by atoms with Gasteiger partial charge >= 0.3 is 6.03 Å². The number of fused-ring (bicyclic) bond motifs is 1. The molecule has 0 unspecified atom stereocenters. The number of hydrogen-bond donors (Lipinski definition) is 2. The van der Waals surface area contributed by atoms with E-state index in [1.54, 1.807) is 11.0 Å². The van der Waals surface area contributed by atoms with Crippen molar-refractivity contribution in [2.45, 2.75) is 32.2 Å². The predicted molar refractivity (Wildman–Crippen MR) is 106 cm³/mol. The molecule has 3 aromatic rings. The van der Waals surface area contributed by atoms with Crippen LogP contribution in [-0.4, -0.2) is 33.8 Å². The number of para-hydroxylation sites is 2. The van der Waals surface area contributed by atoms with Crippen LogP contribution in [0.2, 0.25) is 0 Å². The average Bonchev–Trinajstić information content (AvgIpc) is 2.92. The highest BCUT2D eigenvalue weighted by molar-refractivity contribution is 5.85. The van der Waals surface area contributed by atoms with E-state index in [0.29, 0.717) is 6.54 Å². The Hall–Kier alpha value is -3.09. The zero-order valence-corrected chi connectivity index (χ0v) is 15.3. The van der Waals surface area contributed by atoms with Crippen molar-refractivity contribution in [1.29, 1.82) is 0 Å². The molecule has 7 heteroatoms. The highest BCUT2D eigenvalue weighted by Crippen LogP contribution is 2.17. The molecule has 1 aliphatic heterocycles. The monoisotopic (exact) mass is 364 g/mol. The van der Waals surface area contributed by atoms with E-state index in [4.69, 9.17) is 0 Å². The number of aromatic nitrogens is 3. The Morgan fingerprint density at radius 3 is 2.59 bits per heavy atom. The van der Waals surface area contributed by atoms with Crippen LogP contribution in [0.5, 0.6) is 0 Å². The minimum absolute atomic E-state index is 0.283. The normalized spacial score (nSPS) is 14.7. The number of carbonyl (C=O) groups excluding carboxylic acids is 1. The number of benzene rings is 1. The Labute approximate surface area is 158 Å². The highest BCUT2D eigenvalue weighted by Gasteiger charge is 2.11. The number of amides is 2. The number of anilines is 1. The molecule has 0 saturated carbocycles. The third kappa shape index (κ3) is 4.19. The van der Waals surface area contributed by atoms with Gasteiger partial charge in [0, 0.05) is 25.8 Å². The first kappa shape index (κ1) is 17.3. The quantitative estimate of drug-likeness (QED) is 0.745. The lowest BCUT2D eigenvalue weighted by Crippen LogP contribution is -2.33. The highest BCUT2D eigenvalue weighted by atomic mass is 16.2. The Kier molecular flexibility index (Phi) is 5.18. The molecule has 0 radical (unpaired) electrons. The minimum atomic E-state index is -0.283. The molecule has 1 fully saturated rings. The number of hydrogen-bond acceptors (Lipinski definition) is 4. The summed E-state index contributed by atoms with van der Waals surface area (Å²) in [4.78, 5) is 23.4. The molecule has 140 valence electrons. The van der Waals surface area contributed by atoms with Crippen molar-refractivity contribution in [2.24, 2.45) is 0 Å². The van der Waals surface area contributed by atoms with Gasteiger partial charge in [-0.15, -0.1) is 0 Å². The van der Waals surface area contributed by atoms with Crippen molar-refractivity contribution >= 4 is 22.9 Å². The Bertz CT molecular complexity index is 896. The van der Waals surface area contributed by atoms with Gasteiger partial charge in [-0.25, -0.2) is 24.9 Å². The second-order valence-electron chi connectivity index (χ2n) is 6.82. The number of nitrogens with zero attached hydrogens (tertiary/aromatic N) is 4. The van der Waals surface area contributed by atoms with Crippen molar-refractivity contribution < 1.29 is 4.79 Å². The molecular formula is C20H24N6O. The lowest BCUT2D eigenvalue weighted by atomic mass is 10.2. The van der Waals surface area contributed by atoms with Crippen molar-refractivity contribution in [3.63, 3.8) is 0 Å². The van der Waals surface area contributed by atoms with E-state index in [2.05, 4.69) is 25.6 Å². The van der Waals surface area contributed by atoms with Crippen molar-refractivity contribution in [1.82, 2.24) is 20.0 Å². The topological polar surface area (TPSA) is 75.1 Å². The molecule has 27 heavy (non-hydrogen) atoms. The zero-order valence-electron chi connectivity index (χ0n) is 15.3. The van der Waals surface area contributed by atoms with Crippen LogP contribution in [0, 0.1) is 0 Å². The molecule has 3 heterocycles. The van der Waals surface area contributed by atoms with Gasteiger partial charge in [0.15, 0.2) is 0 Å². The van der Waals surface area contributed by atoms with Gasteiger partial charge in [-0.2, -0.15) is 0 Å². The molecule has 0 bridgehead atoms. The average molecular weight is 364 g/mol. The minimum Gasteiger partial charge on any atom is -0.357 e. The van der Waals surface area contributed by atoms with E-state index < -0.39 is 0 Å². The Morgan fingerprint density at radius 2 is 1.81 bits per heavy atom. The molecule has 0 aliphatic carbocycles. The van der Waals surface area contributed by atoms with Crippen molar-refractivity contribution in [3.8, 4) is 0 Å². The van der Waals surface area contributed by atoms with Gasteiger partial charge in [-0.1, -0.05) is 31.0 Å². The third-order valence-electron chi connectivity index (χ3n) is 4.87. The third-order valence-corrected chi connectivity index (χ3v) is 4.87. The fourth-order valence-corrected chi connectivity index (χ4v) is 3.39. The second kappa shape index (κ2) is 8.07. The standard InChI is InChI=1S/C20H24N6O/c27-20(24-26-15-23-17-7-3-4-8-18(17)26)22-14-16-9-10-19(21-13-16)25-11-5-1-2-6-12-25/h3-4,7-10,13,15H,1-2,5-6,11-12,14H2,(H2,22,24,27). The van der Waals surface area contributed by atoms with E-state index in [1.807, 2.05) is 42.6 Å². The van der Waals surface area contributed by atoms with Crippen LogP contribution in [0.1, 0.15) is 31.2 Å². The fraction of sp³-hybridized carbons (Fsp3) is 0.350. The Morgan fingerprint density at radius 1 is 1.00 bits per heavy atom. The first-order chi connectivity index (χ1) is 13.3. The van der Waals surface area contributed by atoms with Gasteiger partial charge in [0.1, 0.15) is 12.1 Å². The zero-order chi connectivity index (χ0) is 18.5. The molecule has 1 saturated heterocycles. The SMILES string of the molecule is O=C(NCc1ccc(N2CCCCCC2)nc1)Nn1cnc2ccccc21. The fourth-order valence-electron chi connectivity index (χ4n) is 3.39. The summed E-state index contributed by atoms with van der Waals surface area (Å²) in [6.45, 7) is 2.57. The summed E-state index contributed by atoms with van der Waals surface area (Å²) in [5.74, 6) is 1.02. The summed E-state index contributed by atoms with van der Waals surface area (Å²) >= 11 is 0. The first-order valence-corrected chi connectivity index (χ1v) is 9.46. The number of urea groups is 1. The molecule has 0 atom stereocenters.